The minimum absolute atomic E-state index is 0. The van der Waals surface area contributed by atoms with Gasteiger partial charge in [-0.2, -0.15) is 0 Å². The Labute approximate surface area is 406 Å². The van der Waals surface area contributed by atoms with Crippen LogP contribution in [0, 0.1) is 40.4 Å². The van der Waals surface area contributed by atoms with Crippen molar-refractivity contribution in [2.24, 2.45) is 40.4 Å². The van der Waals surface area contributed by atoms with E-state index in [1.807, 2.05) is 29.0 Å². The van der Waals surface area contributed by atoms with E-state index in [0.717, 1.165) is 61.4 Å². The van der Waals surface area contributed by atoms with Crippen LogP contribution < -0.4 is 17.0 Å². The summed E-state index contributed by atoms with van der Waals surface area (Å²) in [5, 5.41) is 27.0. The second kappa shape index (κ2) is 17.7. The number of allylic oxidation sites excluding steroid dienone is 4. The molecule has 2 N–H and O–H groups in total. The van der Waals surface area contributed by atoms with E-state index in [9.17, 15) is 29.4 Å². The fraction of sp³-hybridized carbons (Fsp3) is 0.686. The second-order valence-corrected chi connectivity index (χ2v) is 23.8. The average molecular weight is 1010 g/mol. The standard InChI is InChI=1S/C32H44O7.C19H22NO4S2.BrH/c1-18(2)28(36)37-17-25(35)32-26(38-29(39-32)19-8-6-5-7-9-19)15-23-22-11-10-20-14-21(33)12-13-30(20,3)27(22)24(34)16-31(23,32)4;1-20(2)12-9-11(10-13(20)17-16(12)24-17)23-18(21)19(22,14-5-3-7-25-14)15-6-4-8-26-15;/h12-14,18-19,22-24,26-27,29,34H,5-11,15-17H2,1-4H3;3-8,11-13,16-17,22H,9-10H2,1-2H3;1H/q;+1;/p-1/t22-,23-,24-,26+,27+,29+,30-,31-,32+;11?,12-,13+,16-,17+;/m0../s1. The second-order valence-electron chi connectivity index (χ2n) is 21.9. The van der Waals surface area contributed by atoms with Crippen molar-refractivity contribution in [1.82, 2.24) is 0 Å². The molecule has 360 valence electrons. The number of esters is 2. The van der Waals surface area contributed by atoms with Gasteiger partial charge in [0.1, 0.15) is 30.4 Å². The molecule has 2 aromatic rings. The Hall–Kier alpha value is -2.60. The van der Waals surface area contributed by atoms with Crippen LogP contribution >= 0.6 is 22.7 Å². The number of quaternary nitrogens is 1. The number of ether oxygens (including phenoxy) is 5. The van der Waals surface area contributed by atoms with Gasteiger partial charge in [0.25, 0.3) is 0 Å². The number of ketones is 2. The quantitative estimate of drug-likeness (QED) is 0.212. The Morgan fingerprint density at radius 1 is 0.955 bits per heavy atom. The summed E-state index contributed by atoms with van der Waals surface area (Å²) in [6.45, 7) is 7.44. The van der Waals surface area contributed by atoms with Gasteiger partial charge in [-0.25, -0.2) is 4.79 Å². The Morgan fingerprint density at radius 2 is 1.61 bits per heavy atom. The maximum absolute atomic E-state index is 14.2. The van der Waals surface area contributed by atoms with Gasteiger partial charge >= 0.3 is 11.9 Å². The van der Waals surface area contributed by atoms with Gasteiger partial charge in [0.05, 0.1) is 42.0 Å². The van der Waals surface area contributed by atoms with Crippen molar-refractivity contribution >= 4 is 46.2 Å². The molecule has 6 heterocycles. The molecule has 15 heteroatoms. The number of fused-ring (bicyclic) bond motifs is 12. The summed E-state index contributed by atoms with van der Waals surface area (Å²) < 4.78 is 31.7. The first kappa shape index (κ1) is 48.4. The molecule has 2 aromatic heterocycles. The summed E-state index contributed by atoms with van der Waals surface area (Å²) in [4.78, 5) is 53.1. The Morgan fingerprint density at radius 3 is 2.21 bits per heavy atom. The number of carbonyl (C=O) groups is 4. The maximum atomic E-state index is 14.2. The van der Waals surface area contributed by atoms with Gasteiger partial charge in [-0.05, 0) is 85.4 Å². The number of thiophene rings is 2. The van der Waals surface area contributed by atoms with Crippen LogP contribution in [0.15, 0.2) is 58.8 Å². The number of Topliss-reactive ketones (excluding diaryl/α,β-unsaturated/α-hetero) is 1. The normalized spacial score (nSPS) is 40.3. The molecule has 4 saturated heterocycles. The largest absolute Gasteiger partial charge is 1.00 e. The van der Waals surface area contributed by atoms with E-state index in [2.05, 4.69) is 27.9 Å². The zero-order valence-corrected chi connectivity index (χ0v) is 42.1. The van der Waals surface area contributed by atoms with E-state index in [1.54, 1.807) is 38.1 Å². The first-order valence-electron chi connectivity index (χ1n) is 24.1. The zero-order valence-electron chi connectivity index (χ0n) is 38.9. The molecular formula is C51H66BrNO11S2. The van der Waals surface area contributed by atoms with Crippen LogP contribution in [-0.4, -0.2) is 113 Å². The molecule has 0 radical (unpaired) electrons. The molecule has 8 fully saturated rings. The highest BCUT2D eigenvalue weighted by Gasteiger charge is 2.76. The smallest absolute Gasteiger partial charge is 0.349 e. The first-order valence-corrected chi connectivity index (χ1v) is 25.8. The zero-order chi connectivity index (χ0) is 45.8. The lowest BCUT2D eigenvalue weighted by atomic mass is 9.46. The molecule has 9 aliphatic rings. The number of carbonyl (C=O) groups excluding carboxylic acids is 4. The molecule has 0 spiro atoms. The number of likely N-dealkylation sites (N-methyl/N-ethyl adjacent to an activating group) is 1. The third-order valence-corrected chi connectivity index (χ3v) is 19.8. The Bertz CT molecular complexity index is 2180. The fourth-order valence-electron chi connectivity index (χ4n) is 14.5. The monoisotopic (exact) mass is 1010 g/mol. The molecule has 2 bridgehead atoms. The number of halogens is 1. The van der Waals surface area contributed by atoms with Crippen LogP contribution in [0.1, 0.15) is 108 Å². The van der Waals surface area contributed by atoms with Gasteiger partial charge < -0.3 is 55.4 Å². The summed E-state index contributed by atoms with van der Waals surface area (Å²) in [7, 11) is 4.49. The number of rotatable bonds is 9. The highest BCUT2D eigenvalue weighted by molar-refractivity contribution is 7.12. The average Bonchev–Trinajstić information content (AvgIpc) is 3.76. The Balaban J connectivity index is 0.000000176. The van der Waals surface area contributed by atoms with Crippen molar-refractivity contribution < 1.29 is 74.5 Å². The van der Waals surface area contributed by atoms with Crippen molar-refractivity contribution in [1.29, 1.82) is 0 Å². The number of aliphatic hydroxyl groups excluding tert-OH is 1. The lowest BCUT2D eigenvalue weighted by molar-refractivity contribution is -0.938. The number of hydrogen-bond donors (Lipinski definition) is 2. The molecule has 11 rings (SSSR count). The van der Waals surface area contributed by atoms with Gasteiger partial charge in [-0.15, -0.1) is 22.7 Å². The SMILES string of the molecule is CC(C)C(=O)OCC(=O)[C@@]12O[C@H](C3CCCCC3)O[C@@H]1C[C@H]1[C@@H]3CCC4=CC(=O)C=C[C@]4(C)[C@H]3[C@@H](O)C[C@@]12C.C[N+]1(C)[C@@H]2CC(OC(=O)C(O)(c3cccs3)c3cccs3)C[C@H]1[C@@H]1O[C@@H]12.[Br-]. The van der Waals surface area contributed by atoms with Crippen LogP contribution in [0.2, 0.25) is 0 Å². The third kappa shape index (κ3) is 7.54. The molecule has 12 nitrogen and oxygen atoms in total. The number of morpholine rings is 1. The van der Waals surface area contributed by atoms with Crippen LogP contribution in [0.3, 0.4) is 0 Å². The summed E-state index contributed by atoms with van der Waals surface area (Å²) in [6.07, 6.45) is 14.2. The molecule has 4 saturated carbocycles. The highest BCUT2D eigenvalue weighted by atomic mass is 79.9. The van der Waals surface area contributed by atoms with E-state index in [-0.39, 0.29) is 76.3 Å². The van der Waals surface area contributed by atoms with Crippen molar-refractivity contribution in [2.75, 3.05) is 20.7 Å². The first-order chi connectivity index (χ1) is 30.9. The molecule has 0 amide bonds. The predicted octanol–water partition coefficient (Wildman–Crippen LogP) is 4.05. The molecule has 0 aromatic carbocycles. The number of epoxide rings is 1. The molecule has 66 heavy (non-hydrogen) atoms. The van der Waals surface area contributed by atoms with Crippen molar-refractivity contribution in [2.45, 2.75) is 158 Å². The number of nitrogens with zero attached hydrogens (tertiary/aromatic N) is 1. The van der Waals surface area contributed by atoms with E-state index in [1.165, 1.54) is 29.1 Å². The number of hydrogen-bond acceptors (Lipinski definition) is 13. The van der Waals surface area contributed by atoms with Gasteiger partial charge in [0.15, 0.2) is 24.3 Å². The van der Waals surface area contributed by atoms with Gasteiger partial charge in [0.2, 0.25) is 11.4 Å². The molecule has 14 atom stereocenters. The van der Waals surface area contributed by atoms with Gasteiger partial charge in [0, 0.05) is 35.5 Å². The Kier molecular flexibility index (Phi) is 13.0. The molecule has 1 unspecified atom stereocenters. The lowest BCUT2D eigenvalue weighted by Gasteiger charge is -2.59. The third-order valence-electron chi connectivity index (χ3n) is 17.9. The van der Waals surface area contributed by atoms with E-state index in [4.69, 9.17) is 23.7 Å². The minimum atomic E-state index is -1.72. The summed E-state index contributed by atoms with van der Waals surface area (Å²) in [5.74, 6) is -1.03. The molecule has 4 aliphatic heterocycles. The summed E-state index contributed by atoms with van der Waals surface area (Å²) in [6, 6.07) is 8.01. The highest BCUT2D eigenvalue weighted by Crippen LogP contribution is 2.70. The van der Waals surface area contributed by atoms with E-state index >= 15 is 0 Å². The molecule has 5 aliphatic carbocycles. The van der Waals surface area contributed by atoms with Crippen LogP contribution in [0.4, 0.5) is 0 Å². The predicted molar refractivity (Wildman–Crippen MR) is 242 cm³/mol. The topological polar surface area (TPSA) is 158 Å². The number of piperidine rings is 1. The van der Waals surface area contributed by atoms with E-state index < -0.39 is 47.1 Å². The van der Waals surface area contributed by atoms with E-state index in [0.29, 0.717) is 46.9 Å². The fourth-order valence-corrected chi connectivity index (χ4v) is 16.2. The maximum Gasteiger partial charge on any atom is 0.349 e. The number of aliphatic hydroxyl groups is 2. The van der Waals surface area contributed by atoms with Crippen LogP contribution in [0.5, 0.6) is 0 Å². The van der Waals surface area contributed by atoms with Crippen molar-refractivity contribution in [3.05, 3.63) is 68.6 Å². The van der Waals surface area contributed by atoms with Crippen LogP contribution in [0.25, 0.3) is 0 Å². The molecular weight excluding hydrogens is 947 g/mol. The van der Waals surface area contributed by atoms with Crippen molar-refractivity contribution in [3.8, 4) is 0 Å². The van der Waals surface area contributed by atoms with Crippen LogP contribution in [-0.2, 0) is 48.5 Å². The van der Waals surface area contributed by atoms with Gasteiger partial charge in [-0.1, -0.05) is 70.7 Å². The van der Waals surface area contributed by atoms with Crippen molar-refractivity contribution in [3.63, 3.8) is 0 Å². The lowest BCUT2D eigenvalue weighted by Crippen LogP contribution is -3.00. The minimum Gasteiger partial charge on any atom is -1.00 e. The van der Waals surface area contributed by atoms with Gasteiger partial charge in [-0.3, -0.25) is 14.4 Å². The summed E-state index contributed by atoms with van der Waals surface area (Å²) >= 11 is 2.74. The summed E-state index contributed by atoms with van der Waals surface area (Å²) in [5.41, 5.74) is -2.91.